The molecule has 0 unspecified atom stereocenters. The molecule has 0 saturated heterocycles. The monoisotopic (exact) mass is 384 g/mol. The molecular formula is C23H28O5. The number of carbonyl (C=O) groups excluding carboxylic acids is 3. The van der Waals surface area contributed by atoms with Crippen LogP contribution in [0.2, 0.25) is 0 Å². The molecule has 5 nitrogen and oxygen atoms in total. The van der Waals surface area contributed by atoms with Crippen molar-refractivity contribution in [3.63, 3.8) is 0 Å². The van der Waals surface area contributed by atoms with E-state index in [4.69, 9.17) is 4.74 Å². The number of esters is 2. The molecule has 0 aromatic heterocycles. The van der Waals surface area contributed by atoms with Crippen molar-refractivity contribution in [3.05, 3.63) is 35.4 Å². The topological polar surface area (TPSA) is 69.7 Å². The Labute approximate surface area is 165 Å². The number of carbonyl (C=O) groups is 3. The van der Waals surface area contributed by atoms with E-state index in [1.807, 2.05) is 13.0 Å². The molecule has 0 spiro atoms. The lowest BCUT2D eigenvalue weighted by atomic mass is 9.54. The highest BCUT2D eigenvalue weighted by Crippen LogP contribution is 2.57. The molecule has 4 saturated carbocycles. The van der Waals surface area contributed by atoms with Gasteiger partial charge in [0.15, 0.2) is 5.41 Å². The molecule has 0 aliphatic heterocycles. The van der Waals surface area contributed by atoms with Crippen LogP contribution in [0.3, 0.4) is 0 Å². The Balaban J connectivity index is 1.68. The third-order valence-corrected chi connectivity index (χ3v) is 7.12. The number of Topliss-reactive ketones (excluding diaryl/α,β-unsaturated/α-hetero) is 1. The molecule has 5 rings (SSSR count). The van der Waals surface area contributed by atoms with Gasteiger partial charge in [-0.05, 0) is 75.7 Å². The van der Waals surface area contributed by atoms with Crippen molar-refractivity contribution < 1.29 is 23.9 Å². The molecule has 0 heterocycles. The minimum absolute atomic E-state index is 0.470. The van der Waals surface area contributed by atoms with Gasteiger partial charge >= 0.3 is 11.9 Å². The SMILES string of the molecule is COC(=O)C(=O)[C@](C)(C(=O)OC12CC3CC(CC(C3)C1)C2)c1cccc(C)c1. The number of aryl methyl sites for hydroxylation is 1. The number of rotatable bonds is 5. The molecule has 1 aromatic rings. The summed E-state index contributed by atoms with van der Waals surface area (Å²) in [5.41, 5.74) is -0.808. The fourth-order valence-electron chi connectivity index (χ4n) is 6.05. The molecule has 1 aromatic carbocycles. The molecule has 0 N–H and O–H groups in total. The maximum absolute atomic E-state index is 13.5. The van der Waals surface area contributed by atoms with Crippen LogP contribution in [0.5, 0.6) is 0 Å². The van der Waals surface area contributed by atoms with Gasteiger partial charge in [-0.2, -0.15) is 0 Å². The maximum Gasteiger partial charge on any atom is 0.375 e. The standard InChI is InChI=1S/C23H28O5/c1-14-5-4-6-18(7-14)22(2,19(24)20(25)27-3)21(26)28-23-11-15-8-16(12-23)10-17(9-15)13-23/h4-7,15-17H,8-13H2,1-3H3/t15?,16?,17?,22-,23?/m1/s1. The average Bonchev–Trinajstić information content (AvgIpc) is 2.64. The normalized spacial score (nSPS) is 32.5. The highest BCUT2D eigenvalue weighted by molar-refractivity contribution is 6.41. The van der Waals surface area contributed by atoms with E-state index in [9.17, 15) is 14.4 Å². The van der Waals surface area contributed by atoms with E-state index in [1.54, 1.807) is 18.2 Å². The number of ketones is 1. The number of methoxy groups -OCH3 is 1. The summed E-state index contributed by atoms with van der Waals surface area (Å²) >= 11 is 0. The van der Waals surface area contributed by atoms with Crippen LogP contribution in [0.25, 0.3) is 0 Å². The van der Waals surface area contributed by atoms with Gasteiger partial charge in [-0.1, -0.05) is 29.8 Å². The molecule has 150 valence electrons. The van der Waals surface area contributed by atoms with Gasteiger partial charge in [0.1, 0.15) is 5.60 Å². The van der Waals surface area contributed by atoms with E-state index in [2.05, 4.69) is 4.74 Å². The number of benzene rings is 1. The summed E-state index contributed by atoms with van der Waals surface area (Å²) in [6.07, 6.45) is 6.32. The summed E-state index contributed by atoms with van der Waals surface area (Å²) < 4.78 is 10.8. The van der Waals surface area contributed by atoms with Crippen LogP contribution in [0.4, 0.5) is 0 Å². The third kappa shape index (κ3) is 3.05. The van der Waals surface area contributed by atoms with Crippen LogP contribution in [0.15, 0.2) is 24.3 Å². The van der Waals surface area contributed by atoms with Gasteiger partial charge in [-0.15, -0.1) is 0 Å². The largest absolute Gasteiger partial charge is 0.463 e. The van der Waals surface area contributed by atoms with Crippen LogP contribution < -0.4 is 0 Å². The Bertz CT molecular complexity index is 791. The predicted octanol–water partition coefficient (Wildman–Crippen LogP) is 3.51. The molecule has 28 heavy (non-hydrogen) atoms. The predicted molar refractivity (Wildman–Crippen MR) is 103 cm³/mol. The van der Waals surface area contributed by atoms with Crippen molar-refractivity contribution in [1.82, 2.24) is 0 Å². The minimum atomic E-state index is -1.71. The lowest BCUT2D eigenvalue weighted by Crippen LogP contribution is -2.56. The van der Waals surface area contributed by atoms with Crippen LogP contribution >= 0.6 is 0 Å². The van der Waals surface area contributed by atoms with Gasteiger partial charge in [0.05, 0.1) is 7.11 Å². The van der Waals surface area contributed by atoms with E-state index >= 15 is 0 Å². The molecule has 0 radical (unpaired) electrons. The zero-order valence-electron chi connectivity index (χ0n) is 16.8. The second-order valence-electron chi connectivity index (χ2n) is 9.31. The van der Waals surface area contributed by atoms with Crippen LogP contribution in [-0.2, 0) is 29.3 Å². The van der Waals surface area contributed by atoms with E-state index in [1.165, 1.54) is 26.2 Å². The minimum Gasteiger partial charge on any atom is -0.463 e. The molecule has 4 aliphatic carbocycles. The lowest BCUT2D eigenvalue weighted by Gasteiger charge is -2.56. The first-order valence-corrected chi connectivity index (χ1v) is 10.2. The van der Waals surface area contributed by atoms with Gasteiger partial charge in [0.2, 0.25) is 0 Å². The Kier molecular flexibility index (Phi) is 4.59. The van der Waals surface area contributed by atoms with Crippen molar-refractivity contribution in [2.75, 3.05) is 7.11 Å². The molecular weight excluding hydrogens is 356 g/mol. The van der Waals surface area contributed by atoms with Crippen molar-refractivity contribution in [2.45, 2.75) is 63.4 Å². The van der Waals surface area contributed by atoms with Gasteiger partial charge in [-0.25, -0.2) is 4.79 Å². The quantitative estimate of drug-likeness (QED) is 0.441. The van der Waals surface area contributed by atoms with Crippen LogP contribution in [0.1, 0.15) is 56.6 Å². The Morgan fingerprint density at radius 1 is 1.04 bits per heavy atom. The summed E-state index contributed by atoms with van der Waals surface area (Å²) in [6.45, 7) is 3.38. The highest BCUT2D eigenvalue weighted by atomic mass is 16.6. The van der Waals surface area contributed by atoms with E-state index in [0.717, 1.165) is 31.9 Å². The number of hydrogen-bond donors (Lipinski definition) is 0. The second kappa shape index (κ2) is 6.71. The Hall–Kier alpha value is -2.17. The summed E-state index contributed by atoms with van der Waals surface area (Å²) in [5.74, 6) is -0.695. The van der Waals surface area contributed by atoms with Gasteiger partial charge in [-0.3, -0.25) is 9.59 Å². The number of ether oxygens (including phenoxy) is 2. The van der Waals surface area contributed by atoms with Crippen molar-refractivity contribution in [1.29, 1.82) is 0 Å². The van der Waals surface area contributed by atoms with Crippen molar-refractivity contribution in [2.24, 2.45) is 17.8 Å². The first kappa shape index (κ1) is 19.2. The number of hydrogen-bond acceptors (Lipinski definition) is 5. The molecule has 4 bridgehead atoms. The molecule has 1 atom stereocenters. The fraction of sp³-hybridized carbons (Fsp3) is 0.609. The van der Waals surface area contributed by atoms with Crippen molar-refractivity contribution >= 4 is 17.7 Å². The van der Waals surface area contributed by atoms with E-state index in [-0.39, 0.29) is 0 Å². The Morgan fingerprint density at radius 2 is 1.61 bits per heavy atom. The maximum atomic E-state index is 13.5. The first-order chi connectivity index (χ1) is 13.3. The summed E-state index contributed by atoms with van der Waals surface area (Å²) in [6, 6.07) is 7.14. The van der Waals surface area contributed by atoms with E-state index in [0.29, 0.717) is 23.3 Å². The van der Waals surface area contributed by atoms with Gasteiger partial charge in [0.25, 0.3) is 5.78 Å². The lowest BCUT2D eigenvalue weighted by molar-refractivity contribution is -0.193. The molecule has 4 aliphatic rings. The van der Waals surface area contributed by atoms with E-state index < -0.39 is 28.7 Å². The molecule has 4 fully saturated rings. The third-order valence-electron chi connectivity index (χ3n) is 7.12. The zero-order valence-corrected chi connectivity index (χ0v) is 16.8. The van der Waals surface area contributed by atoms with Gasteiger partial charge < -0.3 is 9.47 Å². The van der Waals surface area contributed by atoms with Crippen LogP contribution in [-0.4, -0.2) is 30.4 Å². The zero-order chi connectivity index (χ0) is 20.1. The van der Waals surface area contributed by atoms with Crippen molar-refractivity contribution in [3.8, 4) is 0 Å². The average molecular weight is 384 g/mol. The fourth-order valence-corrected chi connectivity index (χ4v) is 6.05. The first-order valence-electron chi connectivity index (χ1n) is 10.2. The second-order valence-corrected chi connectivity index (χ2v) is 9.31. The summed E-state index contributed by atoms with van der Waals surface area (Å²) in [7, 11) is 1.15. The van der Waals surface area contributed by atoms with Crippen LogP contribution in [0, 0.1) is 24.7 Å². The molecule has 5 heteroatoms. The summed E-state index contributed by atoms with van der Waals surface area (Å²) in [4.78, 5) is 38.5. The van der Waals surface area contributed by atoms with Gasteiger partial charge in [0, 0.05) is 0 Å². The Morgan fingerprint density at radius 3 is 2.11 bits per heavy atom. The summed E-state index contributed by atoms with van der Waals surface area (Å²) in [5, 5.41) is 0. The smallest absolute Gasteiger partial charge is 0.375 e. The highest BCUT2D eigenvalue weighted by Gasteiger charge is 2.56. The molecule has 0 amide bonds.